The largest absolute Gasteiger partial charge is 0.368 e. The van der Waals surface area contributed by atoms with Crippen LogP contribution in [0.3, 0.4) is 0 Å². The van der Waals surface area contributed by atoms with E-state index in [2.05, 4.69) is 43.6 Å². The van der Waals surface area contributed by atoms with E-state index in [0.29, 0.717) is 18.4 Å². The smallest absolute Gasteiger partial charge is 0.328 e. The van der Waals surface area contributed by atoms with Crippen LogP contribution in [-0.2, 0) is 13.5 Å². The quantitative estimate of drug-likeness (QED) is 0.691. The van der Waals surface area contributed by atoms with Gasteiger partial charge < -0.3 is 10.2 Å². The maximum atomic E-state index is 12.9. The number of hydrogen-bond donors (Lipinski definition) is 2. The molecule has 1 saturated heterocycles. The van der Waals surface area contributed by atoms with Gasteiger partial charge in [-0.3, -0.25) is 14.9 Å². The van der Waals surface area contributed by atoms with Gasteiger partial charge in [-0.15, -0.1) is 0 Å². The van der Waals surface area contributed by atoms with Crippen molar-refractivity contribution in [2.75, 3.05) is 41.3 Å². The summed E-state index contributed by atoms with van der Waals surface area (Å²) in [4.78, 5) is 25.9. The number of urea groups is 1. The summed E-state index contributed by atoms with van der Waals surface area (Å²) in [6.07, 6.45) is 6.18. The summed E-state index contributed by atoms with van der Waals surface area (Å²) >= 11 is 0. The zero-order chi connectivity index (χ0) is 20.0. The standard InChI is InChI=1S/C20H24N8O/c1-13-11-27(8-6-21-13)17-3-5-22-19-15(17)4-7-28(19)20(29)24-18-9-14-12-26(2)25-16(14)10-23-18/h3,5,9-10,12-13,21H,4,6-8,11H2,1-2H3,(H,24,29)/t13-/m1/s1. The van der Waals surface area contributed by atoms with Gasteiger partial charge in [-0.1, -0.05) is 0 Å². The van der Waals surface area contributed by atoms with Gasteiger partial charge in [0.05, 0.1) is 6.20 Å². The van der Waals surface area contributed by atoms with Crippen molar-refractivity contribution in [1.29, 1.82) is 0 Å². The number of nitrogens with one attached hydrogen (secondary N) is 2. The fraction of sp³-hybridized carbons (Fsp3) is 0.400. The van der Waals surface area contributed by atoms with E-state index in [1.54, 1.807) is 22.0 Å². The summed E-state index contributed by atoms with van der Waals surface area (Å²) in [7, 11) is 1.86. The molecule has 29 heavy (non-hydrogen) atoms. The van der Waals surface area contributed by atoms with Crippen LogP contribution in [0.25, 0.3) is 10.9 Å². The van der Waals surface area contributed by atoms with Gasteiger partial charge in [0.15, 0.2) is 0 Å². The molecule has 0 aliphatic carbocycles. The number of rotatable bonds is 2. The topological polar surface area (TPSA) is 91.2 Å². The molecule has 9 nitrogen and oxygen atoms in total. The highest BCUT2D eigenvalue weighted by molar-refractivity contribution is 6.03. The van der Waals surface area contributed by atoms with Crippen LogP contribution in [0.1, 0.15) is 12.5 Å². The Hall–Kier alpha value is -3.20. The second-order valence-corrected chi connectivity index (χ2v) is 7.70. The number of aryl methyl sites for hydroxylation is 1. The number of pyridine rings is 2. The number of anilines is 3. The molecule has 2 aliphatic rings. The molecule has 9 heteroatoms. The lowest BCUT2D eigenvalue weighted by Gasteiger charge is -2.34. The molecule has 2 amide bonds. The molecule has 2 N–H and O–H groups in total. The predicted octanol–water partition coefficient (Wildman–Crippen LogP) is 1.76. The fourth-order valence-electron chi connectivity index (χ4n) is 4.21. The van der Waals surface area contributed by atoms with E-state index in [1.165, 1.54) is 5.69 Å². The van der Waals surface area contributed by atoms with Crippen LogP contribution in [-0.4, -0.2) is 58.0 Å². The normalized spacial score (nSPS) is 18.9. The second kappa shape index (κ2) is 7.00. The van der Waals surface area contributed by atoms with Crippen molar-refractivity contribution in [1.82, 2.24) is 25.1 Å². The Morgan fingerprint density at radius 2 is 2.21 bits per heavy atom. The first-order chi connectivity index (χ1) is 14.1. The lowest BCUT2D eigenvalue weighted by Crippen LogP contribution is -2.49. The van der Waals surface area contributed by atoms with Crippen molar-refractivity contribution in [3.8, 4) is 0 Å². The first kappa shape index (κ1) is 17.9. The Balaban J connectivity index is 1.38. The van der Waals surface area contributed by atoms with E-state index in [9.17, 15) is 4.79 Å². The third-order valence-electron chi connectivity index (χ3n) is 5.54. The minimum Gasteiger partial charge on any atom is -0.368 e. The lowest BCUT2D eigenvalue weighted by molar-refractivity contribution is 0.257. The number of amides is 2. The van der Waals surface area contributed by atoms with Crippen LogP contribution in [0.15, 0.2) is 30.7 Å². The molecule has 0 radical (unpaired) electrons. The van der Waals surface area contributed by atoms with Gasteiger partial charge in [-0.05, 0) is 25.5 Å². The average molecular weight is 392 g/mol. The number of carbonyl (C=O) groups excluding carboxylic acids is 1. The van der Waals surface area contributed by atoms with E-state index in [0.717, 1.165) is 48.3 Å². The Morgan fingerprint density at radius 3 is 3.07 bits per heavy atom. The highest BCUT2D eigenvalue weighted by Crippen LogP contribution is 2.34. The van der Waals surface area contributed by atoms with Crippen LogP contribution < -0.4 is 20.4 Å². The second-order valence-electron chi connectivity index (χ2n) is 7.70. The van der Waals surface area contributed by atoms with E-state index in [-0.39, 0.29) is 6.03 Å². The molecule has 3 aromatic rings. The first-order valence-corrected chi connectivity index (χ1v) is 9.92. The summed E-state index contributed by atoms with van der Waals surface area (Å²) in [6.45, 7) is 5.69. The monoisotopic (exact) mass is 392 g/mol. The van der Waals surface area contributed by atoms with Crippen LogP contribution >= 0.6 is 0 Å². The van der Waals surface area contributed by atoms with Crippen molar-refractivity contribution in [2.24, 2.45) is 7.05 Å². The van der Waals surface area contributed by atoms with Crippen molar-refractivity contribution >= 4 is 34.3 Å². The maximum Gasteiger partial charge on any atom is 0.328 e. The molecule has 0 spiro atoms. The van der Waals surface area contributed by atoms with Crippen LogP contribution in [0.2, 0.25) is 0 Å². The molecule has 5 rings (SSSR count). The van der Waals surface area contributed by atoms with E-state index in [1.807, 2.05) is 19.3 Å². The van der Waals surface area contributed by atoms with E-state index < -0.39 is 0 Å². The summed E-state index contributed by atoms with van der Waals surface area (Å²) in [5.41, 5.74) is 3.13. The predicted molar refractivity (Wildman–Crippen MR) is 112 cm³/mol. The molecule has 1 atom stereocenters. The Bertz CT molecular complexity index is 1080. The molecule has 3 aromatic heterocycles. The maximum absolute atomic E-state index is 12.9. The third kappa shape index (κ3) is 3.27. The molecular weight excluding hydrogens is 368 g/mol. The fourth-order valence-corrected chi connectivity index (χ4v) is 4.21. The molecule has 2 aliphatic heterocycles. The minimum atomic E-state index is -0.210. The van der Waals surface area contributed by atoms with Gasteiger partial charge in [0.1, 0.15) is 17.2 Å². The zero-order valence-corrected chi connectivity index (χ0v) is 16.6. The number of carbonyl (C=O) groups is 1. The SMILES string of the molecule is C[C@@H]1CN(c2ccnc3c2CCN3C(=O)Nc2cc3cn(C)nc3cn2)CCN1. The first-order valence-electron chi connectivity index (χ1n) is 9.92. The van der Waals surface area contributed by atoms with Gasteiger partial charge in [0, 0.05) is 68.3 Å². The van der Waals surface area contributed by atoms with Gasteiger partial charge in [0.25, 0.3) is 0 Å². The summed E-state index contributed by atoms with van der Waals surface area (Å²) < 4.78 is 1.73. The van der Waals surface area contributed by atoms with E-state index >= 15 is 0 Å². The Labute approximate surface area is 168 Å². The molecule has 0 unspecified atom stereocenters. The molecule has 5 heterocycles. The summed E-state index contributed by atoms with van der Waals surface area (Å²) in [5, 5.41) is 11.6. The number of hydrogen-bond acceptors (Lipinski definition) is 6. The third-order valence-corrected chi connectivity index (χ3v) is 5.54. The molecule has 0 bridgehead atoms. The number of nitrogens with zero attached hydrogens (tertiary/aromatic N) is 6. The van der Waals surface area contributed by atoms with Gasteiger partial charge in [-0.25, -0.2) is 14.8 Å². The van der Waals surface area contributed by atoms with Crippen LogP contribution in [0.4, 0.5) is 22.1 Å². The lowest BCUT2D eigenvalue weighted by atomic mass is 10.1. The van der Waals surface area contributed by atoms with Crippen molar-refractivity contribution < 1.29 is 4.79 Å². The van der Waals surface area contributed by atoms with Crippen molar-refractivity contribution in [3.05, 3.63) is 36.3 Å². The molecule has 0 aromatic carbocycles. The molecule has 1 fully saturated rings. The van der Waals surface area contributed by atoms with Crippen molar-refractivity contribution in [3.63, 3.8) is 0 Å². The highest BCUT2D eigenvalue weighted by Gasteiger charge is 2.30. The van der Waals surface area contributed by atoms with E-state index in [4.69, 9.17) is 0 Å². The van der Waals surface area contributed by atoms with Gasteiger partial charge >= 0.3 is 6.03 Å². The number of aromatic nitrogens is 4. The summed E-state index contributed by atoms with van der Waals surface area (Å²) in [6, 6.07) is 4.14. The molecule has 150 valence electrons. The number of fused-ring (bicyclic) bond motifs is 2. The number of piperazine rings is 1. The average Bonchev–Trinajstić information content (AvgIpc) is 3.30. The van der Waals surface area contributed by atoms with Gasteiger partial charge in [-0.2, -0.15) is 5.10 Å². The van der Waals surface area contributed by atoms with Gasteiger partial charge in [0.2, 0.25) is 0 Å². The Morgan fingerprint density at radius 1 is 1.31 bits per heavy atom. The zero-order valence-electron chi connectivity index (χ0n) is 16.6. The highest BCUT2D eigenvalue weighted by atomic mass is 16.2. The molecule has 0 saturated carbocycles. The van der Waals surface area contributed by atoms with Crippen LogP contribution in [0, 0.1) is 0 Å². The van der Waals surface area contributed by atoms with Crippen LogP contribution in [0.5, 0.6) is 0 Å². The summed E-state index contributed by atoms with van der Waals surface area (Å²) in [5.74, 6) is 1.25. The van der Waals surface area contributed by atoms with Crippen molar-refractivity contribution in [2.45, 2.75) is 19.4 Å². The molecular formula is C20H24N8O. The Kier molecular flexibility index (Phi) is 4.31. The minimum absolute atomic E-state index is 0.210.